The third-order valence-electron chi connectivity index (χ3n) is 5.00. The molecule has 1 fully saturated rings. The van der Waals surface area contributed by atoms with Gasteiger partial charge < -0.3 is 14.5 Å². The Morgan fingerprint density at radius 1 is 1.10 bits per heavy atom. The van der Waals surface area contributed by atoms with Crippen LogP contribution in [0.5, 0.6) is 5.75 Å². The monoisotopic (exact) mass is 459 g/mol. The minimum atomic E-state index is -4.12. The Morgan fingerprint density at radius 3 is 2.60 bits per heavy atom. The average Bonchev–Trinajstić information content (AvgIpc) is 2.91. The van der Waals surface area contributed by atoms with Crippen molar-refractivity contribution in [2.45, 2.75) is 24.9 Å². The van der Waals surface area contributed by atoms with Crippen molar-refractivity contribution in [3.8, 4) is 5.75 Å². The lowest BCUT2D eigenvalue weighted by Gasteiger charge is -2.26. The Kier molecular flexibility index (Phi) is 7.05. The predicted octanol–water partition coefficient (Wildman–Crippen LogP) is 4.09. The maximum atomic E-state index is 13.1. The van der Waals surface area contributed by atoms with E-state index in [2.05, 4.69) is 21.6 Å². The lowest BCUT2D eigenvalue weighted by Crippen LogP contribution is -2.29. The van der Waals surface area contributed by atoms with Crippen LogP contribution in [0.3, 0.4) is 0 Å². The van der Waals surface area contributed by atoms with Crippen LogP contribution in [-0.4, -0.2) is 53.2 Å². The smallest absolute Gasteiger partial charge is 0.387 e. The van der Waals surface area contributed by atoms with Crippen LogP contribution in [-0.2, 0) is 10.0 Å². The van der Waals surface area contributed by atoms with Crippen LogP contribution < -0.4 is 13.5 Å². The van der Waals surface area contributed by atoms with Crippen molar-refractivity contribution in [2.24, 2.45) is 0 Å². The Morgan fingerprint density at radius 2 is 1.87 bits per heavy atom. The molecule has 2 aromatic carbocycles. The standard InChI is InChI=1S/C20H24ClF2N3O3S/c1-15-7-8-18(14-19(15)25-10-4-9-24(2)11-12-25)30(27,28)26(21)16-5-3-6-17(13-16)29-20(22)23/h3,5-8,13-14,20H,4,9-12H2,1-2H3. The second-order valence-corrected chi connectivity index (χ2v) is 9.51. The molecule has 0 spiro atoms. The van der Waals surface area contributed by atoms with Crippen molar-refractivity contribution >= 4 is 33.2 Å². The molecule has 164 valence electrons. The Labute approximate surface area is 180 Å². The first-order valence-corrected chi connectivity index (χ1v) is 11.3. The summed E-state index contributed by atoms with van der Waals surface area (Å²) in [6, 6.07) is 10.1. The third-order valence-corrected chi connectivity index (χ3v) is 7.22. The summed E-state index contributed by atoms with van der Waals surface area (Å²) in [5.41, 5.74) is 1.81. The van der Waals surface area contributed by atoms with E-state index in [-0.39, 0.29) is 16.3 Å². The van der Waals surface area contributed by atoms with Gasteiger partial charge in [0.25, 0.3) is 10.0 Å². The number of aryl methyl sites for hydroxylation is 1. The highest BCUT2D eigenvalue weighted by Crippen LogP contribution is 2.32. The predicted molar refractivity (Wildman–Crippen MR) is 114 cm³/mol. The van der Waals surface area contributed by atoms with Crippen LogP contribution in [0.2, 0.25) is 0 Å². The fraction of sp³-hybridized carbons (Fsp3) is 0.400. The zero-order valence-corrected chi connectivity index (χ0v) is 18.3. The Bertz CT molecular complexity index is 991. The molecule has 1 aliphatic heterocycles. The zero-order chi connectivity index (χ0) is 21.9. The number of hydrogen-bond donors (Lipinski definition) is 0. The number of ether oxygens (including phenoxy) is 1. The summed E-state index contributed by atoms with van der Waals surface area (Å²) in [4.78, 5) is 4.44. The molecule has 6 nitrogen and oxygen atoms in total. The lowest BCUT2D eigenvalue weighted by molar-refractivity contribution is -0.0498. The summed E-state index contributed by atoms with van der Waals surface area (Å²) < 4.78 is 56.0. The first kappa shape index (κ1) is 22.6. The molecule has 30 heavy (non-hydrogen) atoms. The molecule has 0 amide bonds. The van der Waals surface area contributed by atoms with Crippen molar-refractivity contribution in [3.63, 3.8) is 0 Å². The van der Waals surface area contributed by atoms with Gasteiger partial charge in [0.05, 0.1) is 10.6 Å². The molecular formula is C20H24ClF2N3O3S. The van der Waals surface area contributed by atoms with Gasteiger partial charge in [-0.05, 0) is 56.8 Å². The van der Waals surface area contributed by atoms with Crippen molar-refractivity contribution in [1.82, 2.24) is 4.90 Å². The zero-order valence-electron chi connectivity index (χ0n) is 16.8. The van der Waals surface area contributed by atoms with Gasteiger partial charge in [-0.3, -0.25) is 0 Å². The van der Waals surface area contributed by atoms with Gasteiger partial charge in [0.1, 0.15) is 5.75 Å². The van der Waals surface area contributed by atoms with Gasteiger partial charge in [-0.1, -0.05) is 12.1 Å². The van der Waals surface area contributed by atoms with Crippen molar-refractivity contribution in [2.75, 3.05) is 42.0 Å². The molecule has 0 unspecified atom stereocenters. The number of sulfonamides is 1. The molecule has 0 aliphatic carbocycles. The van der Waals surface area contributed by atoms with Gasteiger partial charge in [0.15, 0.2) is 0 Å². The normalized spacial score (nSPS) is 15.9. The fourth-order valence-electron chi connectivity index (χ4n) is 3.38. The van der Waals surface area contributed by atoms with Crippen LogP contribution in [0.25, 0.3) is 0 Å². The van der Waals surface area contributed by atoms with E-state index in [1.54, 1.807) is 12.1 Å². The highest BCUT2D eigenvalue weighted by Gasteiger charge is 2.26. The van der Waals surface area contributed by atoms with E-state index >= 15 is 0 Å². The highest BCUT2D eigenvalue weighted by molar-refractivity contribution is 7.94. The Hall–Kier alpha value is -2.10. The summed E-state index contributed by atoms with van der Waals surface area (Å²) in [6.07, 6.45) is 0.978. The molecule has 10 heteroatoms. The SMILES string of the molecule is Cc1ccc(S(=O)(=O)N(Cl)c2cccc(OC(F)F)c2)cc1N1CCCN(C)CC1. The summed E-state index contributed by atoms with van der Waals surface area (Å²) in [7, 11) is -2.05. The van der Waals surface area contributed by atoms with E-state index in [0.29, 0.717) is 3.82 Å². The van der Waals surface area contributed by atoms with Gasteiger partial charge in [0.2, 0.25) is 0 Å². The number of nitrogens with zero attached hydrogens (tertiary/aromatic N) is 3. The van der Waals surface area contributed by atoms with E-state index in [9.17, 15) is 17.2 Å². The minimum Gasteiger partial charge on any atom is -0.435 e. The minimum absolute atomic E-state index is 0.00772. The molecule has 1 saturated heterocycles. The maximum absolute atomic E-state index is 13.1. The maximum Gasteiger partial charge on any atom is 0.387 e. The summed E-state index contributed by atoms with van der Waals surface area (Å²) in [5, 5.41) is 0. The molecule has 3 rings (SSSR count). The number of likely N-dealkylation sites (N-methyl/N-ethyl adjacent to an activating group) is 1. The number of benzene rings is 2. The lowest BCUT2D eigenvalue weighted by atomic mass is 10.1. The van der Waals surface area contributed by atoms with E-state index in [4.69, 9.17) is 11.8 Å². The van der Waals surface area contributed by atoms with E-state index < -0.39 is 16.6 Å². The quantitative estimate of drug-likeness (QED) is 0.609. The molecule has 0 N–H and O–H groups in total. The van der Waals surface area contributed by atoms with Crippen LogP contribution >= 0.6 is 11.8 Å². The Balaban J connectivity index is 1.90. The van der Waals surface area contributed by atoms with Crippen LogP contribution in [0.4, 0.5) is 20.2 Å². The van der Waals surface area contributed by atoms with Crippen LogP contribution in [0.1, 0.15) is 12.0 Å². The molecule has 1 aliphatic rings. The van der Waals surface area contributed by atoms with Crippen molar-refractivity contribution in [1.29, 1.82) is 0 Å². The molecule has 0 bridgehead atoms. The van der Waals surface area contributed by atoms with Crippen molar-refractivity contribution in [3.05, 3.63) is 48.0 Å². The fourth-order valence-corrected chi connectivity index (χ4v) is 4.80. The van der Waals surface area contributed by atoms with E-state index in [1.807, 2.05) is 6.92 Å². The summed E-state index contributed by atoms with van der Waals surface area (Å²) in [6.45, 7) is 2.40. The molecule has 2 aromatic rings. The highest BCUT2D eigenvalue weighted by atomic mass is 35.5. The molecule has 0 radical (unpaired) electrons. The van der Waals surface area contributed by atoms with Gasteiger partial charge in [-0.25, -0.2) is 0 Å². The van der Waals surface area contributed by atoms with Gasteiger partial charge in [0, 0.05) is 43.2 Å². The molecule has 1 heterocycles. The number of halogens is 3. The van der Waals surface area contributed by atoms with Crippen LogP contribution in [0.15, 0.2) is 47.4 Å². The molecule has 0 atom stereocenters. The second-order valence-electron chi connectivity index (χ2n) is 7.19. The number of anilines is 2. The number of rotatable bonds is 6. The molecule has 0 aromatic heterocycles. The first-order valence-electron chi connectivity index (χ1n) is 9.48. The van der Waals surface area contributed by atoms with Gasteiger partial charge in [-0.2, -0.15) is 21.0 Å². The van der Waals surface area contributed by atoms with E-state index in [1.165, 1.54) is 24.3 Å². The van der Waals surface area contributed by atoms with E-state index in [0.717, 1.165) is 49.9 Å². The van der Waals surface area contributed by atoms with Gasteiger partial charge in [-0.15, -0.1) is 0 Å². The number of alkyl halides is 2. The summed E-state index contributed by atoms with van der Waals surface area (Å²) in [5.74, 6) is -0.179. The number of hydrogen-bond acceptors (Lipinski definition) is 5. The molecular weight excluding hydrogens is 436 g/mol. The summed E-state index contributed by atoms with van der Waals surface area (Å²) >= 11 is 6.15. The largest absolute Gasteiger partial charge is 0.435 e. The second kappa shape index (κ2) is 9.36. The topological polar surface area (TPSA) is 53.1 Å². The van der Waals surface area contributed by atoms with Gasteiger partial charge >= 0.3 is 6.61 Å². The molecule has 0 saturated carbocycles. The third kappa shape index (κ3) is 5.14. The first-order chi connectivity index (χ1) is 14.2. The average molecular weight is 460 g/mol. The van der Waals surface area contributed by atoms with Crippen molar-refractivity contribution < 1.29 is 21.9 Å². The van der Waals surface area contributed by atoms with Crippen LogP contribution in [0, 0.1) is 6.92 Å².